The topological polar surface area (TPSA) is 63.6 Å². The van der Waals surface area contributed by atoms with E-state index < -0.39 is 7.69 Å². The van der Waals surface area contributed by atoms with Gasteiger partial charge in [-0.05, 0) is 18.2 Å². The molecule has 4 nitrogen and oxygen atoms in total. The Balaban J connectivity index is 3.06. The van der Waals surface area contributed by atoms with Gasteiger partial charge in [-0.3, -0.25) is 9.59 Å². The first-order chi connectivity index (χ1) is 6.30. The molecule has 1 N–H and O–H groups in total. The predicted octanol–water partition coefficient (Wildman–Crippen LogP) is -0.0508. The van der Waals surface area contributed by atoms with E-state index >= 15 is 0 Å². The van der Waals surface area contributed by atoms with Gasteiger partial charge in [-0.1, -0.05) is 0 Å². The third-order valence-electron chi connectivity index (χ3n) is 1.45. The monoisotopic (exact) mass is 178 g/mol. The molecule has 0 aliphatic rings. The van der Waals surface area contributed by atoms with Crippen molar-refractivity contribution < 1.29 is 19.3 Å². The lowest BCUT2D eigenvalue weighted by molar-refractivity contribution is 0.112. The van der Waals surface area contributed by atoms with E-state index in [-0.39, 0.29) is 0 Å². The van der Waals surface area contributed by atoms with Crippen LogP contribution < -0.4 is 4.65 Å². The third kappa shape index (κ3) is 2.42. The fourth-order valence-corrected chi connectivity index (χ4v) is 0.940. The van der Waals surface area contributed by atoms with Crippen LogP contribution in [0.2, 0.25) is 0 Å². The molecular formula is C8H7BO4. The van der Waals surface area contributed by atoms with Gasteiger partial charge in [0.05, 0.1) is 0 Å². The first-order valence-corrected chi connectivity index (χ1v) is 3.59. The van der Waals surface area contributed by atoms with Gasteiger partial charge in [0, 0.05) is 11.1 Å². The van der Waals surface area contributed by atoms with Crippen molar-refractivity contribution in [1.82, 2.24) is 0 Å². The standard InChI is InChI=1S/C8H7BO4/c10-4-6-1-7(5-11)3-8(2-6)13-9-12/h1-5,9,12H. The Morgan fingerprint density at radius 3 is 2.08 bits per heavy atom. The summed E-state index contributed by atoms with van der Waals surface area (Å²) < 4.78 is 4.73. The van der Waals surface area contributed by atoms with Gasteiger partial charge in [-0.2, -0.15) is 0 Å². The molecule has 0 spiro atoms. The van der Waals surface area contributed by atoms with E-state index in [1.54, 1.807) is 0 Å². The van der Waals surface area contributed by atoms with E-state index in [0.717, 1.165) is 0 Å². The van der Waals surface area contributed by atoms with Gasteiger partial charge in [0.1, 0.15) is 18.3 Å². The highest BCUT2D eigenvalue weighted by atomic mass is 16.5. The van der Waals surface area contributed by atoms with E-state index in [2.05, 4.69) is 0 Å². The molecule has 0 unspecified atom stereocenters. The lowest BCUT2D eigenvalue weighted by atomic mass is 10.1. The summed E-state index contributed by atoms with van der Waals surface area (Å²) >= 11 is 0. The molecule has 0 saturated carbocycles. The Bertz CT molecular complexity index is 298. The molecule has 66 valence electrons. The average molecular weight is 178 g/mol. The van der Waals surface area contributed by atoms with Gasteiger partial charge in [0.15, 0.2) is 0 Å². The van der Waals surface area contributed by atoms with E-state index in [9.17, 15) is 9.59 Å². The quantitative estimate of drug-likeness (QED) is 0.518. The van der Waals surface area contributed by atoms with Crippen LogP contribution in [0.15, 0.2) is 18.2 Å². The minimum absolute atomic E-state index is 0.300. The predicted molar refractivity (Wildman–Crippen MR) is 47.2 cm³/mol. The Morgan fingerprint density at radius 2 is 1.69 bits per heavy atom. The van der Waals surface area contributed by atoms with E-state index in [0.29, 0.717) is 29.4 Å². The molecule has 0 fully saturated rings. The fraction of sp³-hybridized carbons (Fsp3) is 0. The van der Waals surface area contributed by atoms with Gasteiger partial charge in [0.2, 0.25) is 0 Å². The minimum Gasteiger partial charge on any atom is -0.539 e. The van der Waals surface area contributed by atoms with Crippen molar-refractivity contribution in [3.05, 3.63) is 29.3 Å². The van der Waals surface area contributed by atoms with Gasteiger partial charge in [-0.25, -0.2) is 0 Å². The summed E-state index contributed by atoms with van der Waals surface area (Å²) in [6.45, 7) is 0. The third-order valence-corrected chi connectivity index (χ3v) is 1.45. The molecule has 5 heteroatoms. The molecule has 0 heterocycles. The maximum absolute atomic E-state index is 10.4. The van der Waals surface area contributed by atoms with Crippen LogP contribution in [0.5, 0.6) is 5.75 Å². The molecular weight excluding hydrogens is 171 g/mol. The number of aldehydes is 2. The van der Waals surface area contributed by atoms with Crippen molar-refractivity contribution >= 4 is 20.3 Å². The second kappa shape index (κ2) is 4.42. The van der Waals surface area contributed by atoms with Crippen LogP contribution in [-0.2, 0) is 0 Å². The van der Waals surface area contributed by atoms with Crippen LogP contribution in [-0.4, -0.2) is 25.3 Å². The lowest BCUT2D eigenvalue weighted by Gasteiger charge is -2.02. The number of carbonyl (C=O) groups is 2. The molecule has 1 aromatic carbocycles. The normalized spacial score (nSPS) is 9.00. The molecule has 1 rings (SSSR count). The number of hydrogen-bond acceptors (Lipinski definition) is 4. The Hall–Kier alpha value is -1.62. The van der Waals surface area contributed by atoms with E-state index in [1.165, 1.54) is 18.2 Å². The van der Waals surface area contributed by atoms with Crippen LogP contribution in [0.4, 0.5) is 0 Å². The van der Waals surface area contributed by atoms with Crippen LogP contribution in [0, 0.1) is 0 Å². The lowest BCUT2D eigenvalue weighted by Crippen LogP contribution is -2.01. The summed E-state index contributed by atoms with van der Waals surface area (Å²) in [7, 11) is -0.486. The smallest absolute Gasteiger partial charge is 0.504 e. The Morgan fingerprint density at radius 1 is 1.15 bits per heavy atom. The fourth-order valence-electron chi connectivity index (χ4n) is 0.940. The highest BCUT2D eigenvalue weighted by Crippen LogP contribution is 2.14. The Labute approximate surface area is 75.4 Å². The first kappa shape index (κ1) is 9.47. The summed E-state index contributed by atoms with van der Waals surface area (Å²) in [5.41, 5.74) is 0.682. The van der Waals surface area contributed by atoms with Crippen molar-refractivity contribution in [3.8, 4) is 5.75 Å². The summed E-state index contributed by atoms with van der Waals surface area (Å²) in [5.74, 6) is 0.300. The van der Waals surface area contributed by atoms with Crippen molar-refractivity contribution in [3.63, 3.8) is 0 Å². The molecule has 0 radical (unpaired) electrons. The van der Waals surface area contributed by atoms with Crippen molar-refractivity contribution in [2.45, 2.75) is 0 Å². The van der Waals surface area contributed by atoms with Gasteiger partial charge in [0.25, 0.3) is 0 Å². The molecule has 13 heavy (non-hydrogen) atoms. The van der Waals surface area contributed by atoms with E-state index in [4.69, 9.17) is 9.68 Å². The molecule has 0 aliphatic carbocycles. The molecule has 0 bridgehead atoms. The maximum atomic E-state index is 10.4. The molecule has 0 aliphatic heterocycles. The zero-order valence-corrected chi connectivity index (χ0v) is 6.77. The second-order valence-electron chi connectivity index (χ2n) is 2.34. The number of benzene rings is 1. The van der Waals surface area contributed by atoms with Crippen LogP contribution in [0.1, 0.15) is 20.7 Å². The van der Waals surface area contributed by atoms with E-state index in [1.807, 2.05) is 0 Å². The minimum atomic E-state index is -0.486. The Kier molecular flexibility index (Phi) is 3.22. The summed E-state index contributed by atoms with van der Waals surface area (Å²) in [4.78, 5) is 20.8. The molecule has 1 aromatic rings. The summed E-state index contributed by atoms with van der Waals surface area (Å²) in [6.07, 6.45) is 1.22. The first-order valence-electron chi connectivity index (χ1n) is 3.59. The average Bonchev–Trinajstić information content (AvgIpc) is 2.17. The van der Waals surface area contributed by atoms with Crippen molar-refractivity contribution in [2.75, 3.05) is 0 Å². The highest BCUT2D eigenvalue weighted by Gasteiger charge is 2.00. The van der Waals surface area contributed by atoms with Gasteiger partial charge >= 0.3 is 7.69 Å². The zero-order valence-electron chi connectivity index (χ0n) is 6.77. The maximum Gasteiger partial charge on any atom is 0.504 e. The van der Waals surface area contributed by atoms with Crippen LogP contribution in [0.3, 0.4) is 0 Å². The van der Waals surface area contributed by atoms with Crippen LogP contribution >= 0.6 is 0 Å². The van der Waals surface area contributed by atoms with Crippen molar-refractivity contribution in [1.29, 1.82) is 0 Å². The summed E-state index contributed by atoms with van der Waals surface area (Å²) in [6, 6.07) is 4.32. The largest absolute Gasteiger partial charge is 0.539 e. The molecule has 0 atom stereocenters. The second-order valence-corrected chi connectivity index (χ2v) is 2.34. The molecule has 0 aromatic heterocycles. The zero-order chi connectivity index (χ0) is 9.68. The molecule has 0 amide bonds. The van der Waals surface area contributed by atoms with Crippen molar-refractivity contribution in [2.24, 2.45) is 0 Å². The molecule has 0 saturated heterocycles. The SMILES string of the molecule is O=Cc1cc(C=O)cc(OBO)c1. The number of carbonyl (C=O) groups excluding carboxylic acids is 2. The highest BCUT2D eigenvalue weighted by molar-refractivity contribution is 6.17. The summed E-state index contributed by atoms with van der Waals surface area (Å²) in [5, 5.41) is 8.45. The van der Waals surface area contributed by atoms with Gasteiger partial charge < -0.3 is 9.68 Å². The number of rotatable bonds is 4. The van der Waals surface area contributed by atoms with Crippen LogP contribution in [0.25, 0.3) is 0 Å². The van der Waals surface area contributed by atoms with Gasteiger partial charge in [-0.15, -0.1) is 0 Å². The number of hydrogen-bond donors (Lipinski definition) is 1.